The predicted molar refractivity (Wildman–Crippen MR) is 71.8 cm³/mol. The molecule has 1 aliphatic heterocycles. The van der Waals surface area contributed by atoms with Crippen LogP contribution in [0, 0.1) is 11.8 Å². The zero-order valence-corrected chi connectivity index (χ0v) is 10.9. The fourth-order valence-corrected chi connectivity index (χ4v) is 2.02. The van der Waals surface area contributed by atoms with E-state index < -0.39 is 0 Å². The zero-order chi connectivity index (χ0) is 13.8. The normalized spacial score (nSPS) is 14.5. The fraction of sp³-hybridized carbons (Fsp3) is 0.286. The van der Waals surface area contributed by atoms with E-state index in [-0.39, 0.29) is 31.3 Å². The van der Waals surface area contributed by atoms with Gasteiger partial charge in [0.05, 0.1) is 12.3 Å². The smallest absolute Gasteiger partial charge is 0.234 e. The molecule has 1 fully saturated rings. The number of rotatable bonds is 2. The van der Waals surface area contributed by atoms with E-state index in [0.717, 1.165) is 4.90 Å². The Hall–Kier alpha value is -1.83. The molecule has 0 saturated carbocycles. The van der Waals surface area contributed by atoms with Gasteiger partial charge in [0.25, 0.3) is 0 Å². The van der Waals surface area contributed by atoms with Gasteiger partial charge in [-0.05, 0) is 18.2 Å². The van der Waals surface area contributed by atoms with Gasteiger partial charge in [-0.15, -0.1) is 0 Å². The van der Waals surface area contributed by atoms with Crippen molar-refractivity contribution >= 4 is 29.1 Å². The molecule has 0 spiro atoms. The molecule has 0 aliphatic carbocycles. The summed E-state index contributed by atoms with van der Waals surface area (Å²) >= 11 is 5.91. The van der Waals surface area contributed by atoms with Crippen molar-refractivity contribution in [2.45, 2.75) is 19.3 Å². The minimum absolute atomic E-state index is 0.0303. The molecule has 2 amide bonds. The molecule has 0 atom stereocenters. The van der Waals surface area contributed by atoms with E-state index in [2.05, 4.69) is 11.8 Å². The first-order chi connectivity index (χ1) is 9.13. The number of aliphatic hydroxyl groups excluding tert-OH is 1. The lowest BCUT2D eigenvalue weighted by molar-refractivity contribution is -0.121. The van der Waals surface area contributed by atoms with E-state index in [4.69, 9.17) is 16.7 Å². The molecule has 0 aromatic heterocycles. The van der Waals surface area contributed by atoms with Crippen molar-refractivity contribution in [1.29, 1.82) is 0 Å². The van der Waals surface area contributed by atoms with Crippen LogP contribution in [0.3, 0.4) is 0 Å². The van der Waals surface area contributed by atoms with E-state index in [1.54, 1.807) is 18.2 Å². The number of hydrogen-bond donors (Lipinski definition) is 1. The van der Waals surface area contributed by atoms with Crippen LogP contribution in [0.25, 0.3) is 0 Å². The van der Waals surface area contributed by atoms with E-state index in [1.165, 1.54) is 0 Å². The third-order valence-corrected chi connectivity index (χ3v) is 2.95. The van der Waals surface area contributed by atoms with Crippen molar-refractivity contribution in [3.05, 3.63) is 28.8 Å². The summed E-state index contributed by atoms with van der Waals surface area (Å²) in [4.78, 5) is 24.6. The van der Waals surface area contributed by atoms with Crippen LogP contribution in [0.15, 0.2) is 18.2 Å². The fourth-order valence-electron chi connectivity index (χ4n) is 1.85. The number of hydrogen-bond acceptors (Lipinski definition) is 3. The summed E-state index contributed by atoms with van der Waals surface area (Å²) in [6.45, 7) is -0.0303. The summed E-state index contributed by atoms with van der Waals surface area (Å²) in [5, 5.41) is 9.15. The molecule has 1 heterocycles. The maximum Gasteiger partial charge on any atom is 0.234 e. The van der Waals surface area contributed by atoms with Gasteiger partial charge in [-0.25, -0.2) is 4.90 Å². The Bertz CT molecular complexity index is 570. The molecule has 1 N–H and O–H groups in total. The van der Waals surface area contributed by atoms with Crippen LogP contribution in [0.2, 0.25) is 5.02 Å². The van der Waals surface area contributed by atoms with Crippen LogP contribution < -0.4 is 4.90 Å². The van der Waals surface area contributed by atoms with Gasteiger partial charge in [-0.3, -0.25) is 9.59 Å². The first kappa shape index (κ1) is 13.6. The van der Waals surface area contributed by atoms with Crippen molar-refractivity contribution in [1.82, 2.24) is 0 Å². The summed E-state index contributed by atoms with van der Waals surface area (Å²) in [6, 6.07) is 4.88. The van der Waals surface area contributed by atoms with Gasteiger partial charge in [0.2, 0.25) is 11.8 Å². The third-order valence-electron chi connectivity index (χ3n) is 2.71. The largest absolute Gasteiger partial charge is 0.395 e. The van der Waals surface area contributed by atoms with Crippen molar-refractivity contribution in [2.75, 3.05) is 11.5 Å². The SMILES string of the molecule is O=C1CCC(=O)N1c1cc(Cl)ccc1C#CCCO. The van der Waals surface area contributed by atoms with E-state index >= 15 is 0 Å². The van der Waals surface area contributed by atoms with Gasteiger partial charge in [-0.1, -0.05) is 23.4 Å². The van der Waals surface area contributed by atoms with Crippen LogP contribution in [-0.2, 0) is 9.59 Å². The molecule has 98 valence electrons. The summed E-state index contributed by atoms with van der Waals surface area (Å²) in [6.07, 6.45) is 0.771. The molecule has 0 bridgehead atoms. The number of halogens is 1. The van der Waals surface area contributed by atoms with Crippen LogP contribution in [0.1, 0.15) is 24.8 Å². The predicted octanol–water partition coefficient (Wildman–Crippen LogP) is 1.73. The van der Waals surface area contributed by atoms with Gasteiger partial charge in [0, 0.05) is 29.8 Å². The average Bonchev–Trinajstić information content (AvgIpc) is 2.71. The van der Waals surface area contributed by atoms with Crippen molar-refractivity contribution in [3.8, 4) is 11.8 Å². The number of aliphatic hydroxyl groups is 1. The van der Waals surface area contributed by atoms with Crippen molar-refractivity contribution in [2.24, 2.45) is 0 Å². The maximum atomic E-state index is 11.8. The molecule has 1 aromatic carbocycles. The van der Waals surface area contributed by atoms with Gasteiger partial charge in [0.15, 0.2) is 0 Å². The van der Waals surface area contributed by atoms with Gasteiger partial charge >= 0.3 is 0 Å². The molecule has 1 saturated heterocycles. The minimum atomic E-state index is -0.238. The van der Waals surface area contributed by atoms with Gasteiger partial charge in [-0.2, -0.15) is 0 Å². The Labute approximate surface area is 116 Å². The van der Waals surface area contributed by atoms with Crippen LogP contribution in [-0.4, -0.2) is 23.5 Å². The quantitative estimate of drug-likeness (QED) is 0.662. The highest BCUT2D eigenvalue weighted by molar-refractivity contribution is 6.31. The zero-order valence-electron chi connectivity index (χ0n) is 10.1. The molecule has 5 heteroatoms. The van der Waals surface area contributed by atoms with Gasteiger partial charge in [0.1, 0.15) is 0 Å². The van der Waals surface area contributed by atoms with E-state index in [1.807, 2.05) is 0 Å². The maximum absolute atomic E-state index is 11.8. The van der Waals surface area contributed by atoms with E-state index in [0.29, 0.717) is 22.7 Å². The average molecular weight is 278 g/mol. The highest BCUT2D eigenvalue weighted by Gasteiger charge is 2.31. The van der Waals surface area contributed by atoms with Crippen molar-refractivity contribution in [3.63, 3.8) is 0 Å². The Balaban J connectivity index is 2.43. The monoisotopic (exact) mass is 277 g/mol. The van der Waals surface area contributed by atoms with Gasteiger partial charge < -0.3 is 5.11 Å². The first-order valence-corrected chi connectivity index (χ1v) is 6.26. The van der Waals surface area contributed by atoms with Crippen LogP contribution in [0.4, 0.5) is 5.69 Å². The molecule has 19 heavy (non-hydrogen) atoms. The Morgan fingerprint density at radius 2 is 1.95 bits per heavy atom. The summed E-state index contributed by atoms with van der Waals surface area (Å²) in [7, 11) is 0. The van der Waals surface area contributed by atoms with E-state index in [9.17, 15) is 9.59 Å². The second-order valence-corrected chi connectivity index (χ2v) is 4.50. The summed E-state index contributed by atoms with van der Waals surface area (Å²) < 4.78 is 0. The number of carbonyl (C=O) groups is 2. The highest BCUT2D eigenvalue weighted by Crippen LogP contribution is 2.28. The standard InChI is InChI=1S/C14H12ClNO3/c15-11-5-4-10(3-1-2-8-17)12(9-11)16-13(18)6-7-14(16)19/h4-5,9,17H,2,6-8H2. The Morgan fingerprint density at radius 3 is 2.58 bits per heavy atom. The minimum Gasteiger partial charge on any atom is -0.395 e. The molecule has 0 radical (unpaired) electrons. The summed E-state index contributed by atoms with van der Waals surface area (Å²) in [5.74, 6) is 5.14. The molecule has 0 unspecified atom stereocenters. The second kappa shape index (κ2) is 5.87. The topological polar surface area (TPSA) is 57.6 Å². The number of imide groups is 1. The Kier molecular flexibility index (Phi) is 4.20. The van der Waals surface area contributed by atoms with Crippen molar-refractivity contribution < 1.29 is 14.7 Å². The first-order valence-electron chi connectivity index (χ1n) is 5.88. The molecule has 2 rings (SSSR count). The second-order valence-electron chi connectivity index (χ2n) is 4.06. The lowest BCUT2D eigenvalue weighted by Gasteiger charge is -2.16. The lowest BCUT2D eigenvalue weighted by atomic mass is 10.1. The lowest BCUT2D eigenvalue weighted by Crippen LogP contribution is -2.29. The number of carbonyl (C=O) groups excluding carboxylic acids is 2. The molecular weight excluding hydrogens is 266 g/mol. The van der Waals surface area contributed by atoms with Crippen LogP contribution in [0.5, 0.6) is 0 Å². The molecule has 1 aromatic rings. The molecular formula is C14H12ClNO3. The summed E-state index contributed by atoms with van der Waals surface area (Å²) in [5.41, 5.74) is 0.979. The third kappa shape index (κ3) is 2.95. The molecule has 1 aliphatic rings. The number of anilines is 1. The van der Waals surface area contributed by atoms with Crippen LogP contribution >= 0.6 is 11.6 Å². The highest BCUT2D eigenvalue weighted by atomic mass is 35.5. The number of amides is 2. The number of nitrogens with zero attached hydrogens (tertiary/aromatic N) is 1. The molecule has 4 nitrogen and oxygen atoms in total. The number of benzene rings is 1. The Morgan fingerprint density at radius 1 is 1.26 bits per heavy atom.